The van der Waals surface area contributed by atoms with Gasteiger partial charge in [-0.05, 0) is 81.7 Å². The van der Waals surface area contributed by atoms with Gasteiger partial charge < -0.3 is 0 Å². The molecular formula is C32H34. The van der Waals surface area contributed by atoms with Gasteiger partial charge in [-0.25, -0.2) is 0 Å². The van der Waals surface area contributed by atoms with Crippen LogP contribution in [0.4, 0.5) is 0 Å². The van der Waals surface area contributed by atoms with Gasteiger partial charge in [0.25, 0.3) is 0 Å². The number of allylic oxidation sites excluding steroid dienone is 7. The summed E-state index contributed by atoms with van der Waals surface area (Å²) < 4.78 is 0. The van der Waals surface area contributed by atoms with Gasteiger partial charge in [-0.1, -0.05) is 112 Å². The zero-order valence-electron chi connectivity index (χ0n) is 19.2. The molecular weight excluding hydrogens is 384 g/mol. The van der Waals surface area contributed by atoms with E-state index < -0.39 is 0 Å². The van der Waals surface area contributed by atoms with Crippen molar-refractivity contribution in [1.29, 1.82) is 0 Å². The maximum absolute atomic E-state index is 4.38. The zero-order valence-corrected chi connectivity index (χ0v) is 19.2. The summed E-state index contributed by atoms with van der Waals surface area (Å²) in [5.74, 6) is 0.891. The SMILES string of the molecule is C=C(CC1=CCC=C1C1=Cc2cc(CC3CCCCC3)ccc2C1)C(=C)c1ccccc1. The largest absolute Gasteiger partial charge is 0.0949 e. The van der Waals surface area contributed by atoms with Crippen LogP contribution >= 0.6 is 0 Å². The number of hydrogen-bond donors (Lipinski definition) is 0. The molecule has 0 heterocycles. The van der Waals surface area contributed by atoms with Crippen LogP contribution in [-0.4, -0.2) is 0 Å². The van der Waals surface area contributed by atoms with Crippen LogP contribution in [0.5, 0.6) is 0 Å². The van der Waals surface area contributed by atoms with Crippen molar-refractivity contribution < 1.29 is 0 Å². The van der Waals surface area contributed by atoms with Gasteiger partial charge in [0.1, 0.15) is 0 Å². The van der Waals surface area contributed by atoms with E-state index in [0.29, 0.717) is 0 Å². The van der Waals surface area contributed by atoms with E-state index in [1.165, 1.54) is 77.5 Å². The quantitative estimate of drug-likeness (QED) is 0.395. The second-order valence-corrected chi connectivity index (χ2v) is 9.80. The molecule has 0 nitrogen and oxygen atoms in total. The summed E-state index contributed by atoms with van der Waals surface area (Å²) in [6.07, 6.45) is 18.5. The van der Waals surface area contributed by atoms with Crippen LogP contribution < -0.4 is 0 Å². The van der Waals surface area contributed by atoms with Crippen molar-refractivity contribution in [1.82, 2.24) is 0 Å². The summed E-state index contributed by atoms with van der Waals surface area (Å²) in [6.45, 7) is 8.69. The van der Waals surface area contributed by atoms with Crippen LogP contribution in [0.1, 0.15) is 67.2 Å². The van der Waals surface area contributed by atoms with Crippen LogP contribution in [0, 0.1) is 5.92 Å². The fourth-order valence-electron chi connectivity index (χ4n) is 5.65. The van der Waals surface area contributed by atoms with E-state index in [1.54, 1.807) is 0 Å². The Hall–Kier alpha value is -2.86. The van der Waals surface area contributed by atoms with Gasteiger partial charge in [-0.3, -0.25) is 0 Å². The van der Waals surface area contributed by atoms with Crippen molar-refractivity contribution >= 4 is 11.6 Å². The average molecular weight is 419 g/mol. The molecule has 0 bridgehead atoms. The molecule has 0 aromatic heterocycles. The Kier molecular flexibility index (Phi) is 6.12. The molecule has 1 saturated carbocycles. The Labute approximate surface area is 193 Å². The highest BCUT2D eigenvalue weighted by atomic mass is 14.3. The summed E-state index contributed by atoms with van der Waals surface area (Å²) in [6, 6.07) is 17.6. The molecule has 0 saturated heterocycles. The molecule has 3 aliphatic carbocycles. The average Bonchev–Trinajstić information content (AvgIpc) is 3.46. The van der Waals surface area contributed by atoms with Crippen molar-refractivity contribution in [2.75, 3.05) is 0 Å². The maximum atomic E-state index is 4.38. The van der Waals surface area contributed by atoms with Crippen molar-refractivity contribution in [3.8, 4) is 0 Å². The molecule has 2 aromatic rings. The van der Waals surface area contributed by atoms with E-state index in [-0.39, 0.29) is 0 Å². The maximum Gasteiger partial charge on any atom is -0.00137 e. The van der Waals surface area contributed by atoms with E-state index in [1.807, 2.05) is 6.07 Å². The third-order valence-corrected chi connectivity index (χ3v) is 7.50. The van der Waals surface area contributed by atoms with Gasteiger partial charge in [-0.15, -0.1) is 0 Å². The summed E-state index contributed by atoms with van der Waals surface area (Å²) in [5.41, 5.74) is 12.1. The molecule has 32 heavy (non-hydrogen) atoms. The standard InChI is InChI=1S/C32H34/c1-23(24(2)27-12-7-4-8-13-27)18-29-14-9-15-32(29)31-21-28-17-16-26(20-30(28)22-31)19-25-10-5-3-6-11-25/h4,7-8,12-17,20,22,25H,1-3,5-6,9-11,18-19,21H2. The van der Waals surface area contributed by atoms with Crippen molar-refractivity contribution in [2.45, 2.75) is 57.8 Å². The molecule has 0 spiro atoms. The van der Waals surface area contributed by atoms with Gasteiger partial charge in [0, 0.05) is 0 Å². The summed E-state index contributed by atoms with van der Waals surface area (Å²) in [7, 11) is 0. The molecule has 0 unspecified atom stereocenters. The summed E-state index contributed by atoms with van der Waals surface area (Å²) in [5, 5.41) is 0. The van der Waals surface area contributed by atoms with Gasteiger partial charge in [0.05, 0.1) is 0 Å². The van der Waals surface area contributed by atoms with Gasteiger partial charge >= 0.3 is 0 Å². The topological polar surface area (TPSA) is 0 Å². The highest BCUT2D eigenvalue weighted by Gasteiger charge is 2.22. The first-order chi connectivity index (χ1) is 15.7. The van der Waals surface area contributed by atoms with Gasteiger partial charge in [0.15, 0.2) is 0 Å². The lowest BCUT2D eigenvalue weighted by atomic mass is 9.84. The summed E-state index contributed by atoms with van der Waals surface area (Å²) >= 11 is 0. The number of hydrogen-bond acceptors (Lipinski definition) is 0. The normalized spacial score (nSPS) is 18.1. The fraction of sp³-hybridized carbons (Fsp3) is 0.312. The first kappa shape index (κ1) is 21.0. The lowest BCUT2D eigenvalue weighted by Crippen LogP contribution is -2.09. The number of benzene rings is 2. The van der Waals surface area contributed by atoms with Crippen LogP contribution in [0.3, 0.4) is 0 Å². The second-order valence-electron chi connectivity index (χ2n) is 9.80. The molecule has 0 radical (unpaired) electrons. The first-order valence-electron chi connectivity index (χ1n) is 12.3. The lowest BCUT2D eigenvalue weighted by molar-refractivity contribution is 0.356. The van der Waals surface area contributed by atoms with Crippen LogP contribution in [0.25, 0.3) is 11.6 Å². The lowest BCUT2D eigenvalue weighted by Gasteiger charge is -2.21. The molecule has 0 amide bonds. The highest BCUT2D eigenvalue weighted by molar-refractivity contribution is 5.78. The minimum atomic E-state index is 0.875. The van der Waals surface area contributed by atoms with E-state index in [9.17, 15) is 0 Å². The third kappa shape index (κ3) is 4.51. The van der Waals surface area contributed by atoms with Crippen molar-refractivity contribution in [3.05, 3.63) is 118 Å². The number of fused-ring (bicyclic) bond motifs is 1. The third-order valence-electron chi connectivity index (χ3n) is 7.50. The highest BCUT2D eigenvalue weighted by Crippen LogP contribution is 2.39. The monoisotopic (exact) mass is 418 g/mol. The van der Waals surface area contributed by atoms with E-state index in [2.05, 4.69) is 73.9 Å². The molecule has 0 heteroatoms. The predicted octanol–water partition coefficient (Wildman–Crippen LogP) is 8.67. The fourth-order valence-corrected chi connectivity index (χ4v) is 5.65. The van der Waals surface area contributed by atoms with Crippen molar-refractivity contribution in [2.24, 2.45) is 5.92 Å². The van der Waals surface area contributed by atoms with Gasteiger partial charge in [-0.2, -0.15) is 0 Å². The predicted molar refractivity (Wildman–Crippen MR) is 138 cm³/mol. The van der Waals surface area contributed by atoms with E-state index in [4.69, 9.17) is 0 Å². The minimum absolute atomic E-state index is 0.875. The Morgan fingerprint density at radius 2 is 1.72 bits per heavy atom. The molecule has 5 rings (SSSR count). The van der Waals surface area contributed by atoms with E-state index in [0.717, 1.165) is 36.3 Å². The molecule has 3 aliphatic rings. The summed E-state index contributed by atoms with van der Waals surface area (Å²) in [4.78, 5) is 0. The molecule has 0 atom stereocenters. The first-order valence-corrected chi connectivity index (χ1v) is 12.3. The van der Waals surface area contributed by atoms with Crippen LogP contribution in [-0.2, 0) is 12.8 Å². The molecule has 162 valence electrons. The zero-order chi connectivity index (χ0) is 21.9. The van der Waals surface area contributed by atoms with Crippen LogP contribution in [0.15, 0.2) is 96.1 Å². The van der Waals surface area contributed by atoms with Crippen molar-refractivity contribution in [3.63, 3.8) is 0 Å². The Bertz CT molecular complexity index is 1110. The van der Waals surface area contributed by atoms with Gasteiger partial charge in [0.2, 0.25) is 0 Å². The second kappa shape index (κ2) is 9.33. The Balaban J connectivity index is 1.27. The molecule has 0 aliphatic heterocycles. The number of rotatable bonds is 7. The van der Waals surface area contributed by atoms with Crippen LogP contribution in [0.2, 0.25) is 0 Å². The molecule has 2 aromatic carbocycles. The van der Waals surface area contributed by atoms with E-state index >= 15 is 0 Å². The molecule has 0 N–H and O–H groups in total. The minimum Gasteiger partial charge on any atom is -0.0949 e. The Morgan fingerprint density at radius 1 is 0.906 bits per heavy atom. The smallest absolute Gasteiger partial charge is 0.00137 e. The Morgan fingerprint density at radius 3 is 2.53 bits per heavy atom. The molecule has 1 fully saturated rings.